The highest BCUT2D eigenvalue weighted by Crippen LogP contribution is 2.22. The van der Waals surface area contributed by atoms with Gasteiger partial charge in [-0.05, 0) is 59.2 Å². The molecule has 5 rings (SSSR count). The normalized spacial score (nSPS) is 14.4. The van der Waals surface area contributed by atoms with Crippen molar-refractivity contribution in [1.82, 2.24) is 19.9 Å². The fraction of sp³-hybridized carbons (Fsp3) is 0.276. The minimum Gasteiger partial charge on any atom is -0.383 e. The fourth-order valence-corrected chi connectivity index (χ4v) is 5.99. The number of benzene rings is 3. The molecule has 1 aromatic heterocycles. The zero-order chi connectivity index (χ0) is 27.4. The average molecular weight is 582 g/mol. The number of nitrogens with two attached hydrogens (primary N) is 1. The summed E-state index contributed by atoms with van der Waals surface area (Å²) in [5, 5.41) is 6.18. The van der Waals surface area contributed by atoms with Gasteiger partial charge >= 0.3 is 0 Å². The number of pyridine rings is 1. The van der Waals surface area contributed by atoms with Gasteiger partial charge in [0.25, 0.3) is 0 Å². The van der Waals surface area contributed by atoms with E-state index in [-0.39, 0.29) is 29.6 Å². The fourth-order valence-electron chi connectivity index (χ4n) is 4.97. The van der Waals surface area contributed by atoms with E-state index in [1.54, 1.807) is 23.2 Å². The van der Waals surface area contributed by atoms with Crippen molar-refractivity contribution in [3.8, 4) is 0 Å². The summed E-state index contributed by atoms with van der Waals surface area (Å²) < 4.78 is 28.2. The first-order chi connectivity index (χ1) is 18.8. The number of aromatic nitrogens is 1. The number of piperidine rings is 1. The Morgan fingerprint density at radius 1 is 0.925 bits per heavy atom. The number of fused-ring (bicyclic) bond motifs is 2. The number of carbonyl (C=O) groups is 2. The summed E-state index contributed by atoms with van der Waals surface area (Å²) in [6, 6.07) is 18.9. The minimum absolute atomic E-state index is 0. The van der Waals surface area contributed by atoms with Gasteiger partial charge in [-0.3, -0.25) is 9.59 Å². The van der Waals surface area contributed by atoms with E-state index in [4.69, 9.17) is 5.73 Å². The highest BCUT2D eigenvalue weighted by atomic mass is 35.5. The van der Waals surface area contributed by atoms with Crippen LogP contribution in [0.5, 0.6) is 0 Å². The maximum Gasteiger partial charge on any atom is 0.245 e. The molecule has 0 aliphatic carbocycles. The molecular formula is C29H32ClN5O4S. The van der Waals surface area contributed by atoms with Crippen molar-refractivity contribution >= 4 is 61.6 Å². The quantitative estimate of drug-likeness (QED) is 0.292. The van der Waals surface area contributed by atoms with Crippen LogP contribution < -0.4 is 15.8 Å². The summed E-state index contributed by atoms with van der Waals surface area (Å²) in [6.07, 6.45) is 4.79. The van der Waals surface area contributed by atoms with Gasteiger partial charge in [0.1, 0.15) is 11.9 Å². The molecule has 40 heavy (non-hydrogen) atoms. The predicted molar refractivity (Wildman–Crippen MR) is 159 cm³/mol. The number of carbonyl (C=O) groups excluding carboxylic acids is 2. The van der Waals surface area contributed by atoms with Crippen molar-refractivity contribution in [2.45, 2.75) is 36.6 Å². The number of halogens is 1. The highest BCUT2D eigenvalue weighted by Gasteiger charge is 2.28. The largest absolute Gasteiger partial charge is 0.383 e. The first-order valence-corrected chi connectivity index (χ1v) is 14.5. The zero-order valence-electron chi connectivity index (χ0n) is 21.9. The van der Waals surface area contributed by atoms with Crippen molar-refractivity contribution in [1.29, 1.82) is 0 Å². The van der Waals surface area contributed by atoms with Crippen molar-refractivity contribution in [2.75, 3.05) is 25.4 Å². The van der Waals surface area contributed by atoms with Crippen LogP contribution >= 0.6 is 12.4 Å². The Morgan fingerprint density at radius 2 is 1.68 bits per heavy atom. The topological polar surface area (TPSA) is 134 Å². The first-order valence-electron chi connectivity index (χ1n) is 13.0. The van der Waals surface area contributed by atoms with Gasteiger partial charge in [0.2, 0.25) is 21.8 Å². The van der Waals surface area contributed by atoms with Crippen molar-refractivity contribution in [3.63, 3.8) is 0 Å². The van der Waals surface area contributed by atoms with Crippen LogP contribution in [0.4, 0.5) is 5.82 Å². The van der Waals surface area contributed by atoms with E-state index in [0.717, 1.165) is 46.4 Å². The average Bonchev–Trinajstić information content (AvgIpc) is 2.96. The van der Waals surface area contributed by atoms with Crippen LogP contribution in [-0.2, 0) is 26.0 Å². The third-order valence-electron chi connectivity index (χ3n) is 7.05. The Hall–Kier alpha value is -3.73. The van der Waals surface area contributed by atoms with Gasteiger partial charge < -0.3 is 16.0 Å². The monoisotopic (exact) mass is 581 g/mol. The third kappa shape index (κ3) is 6.70. The number of nitrogens with zero attached hydrogens (tertiary/aromatic N) is 2. The van der Waals surface area contributed by atoms with Gasteiger partial charge in [0, 0.05) is 31.1 Å². The number of rotatable bonds is 8. The lowest BCUT2D eigenvalue weighted by Crippen LogP contribution is -2.52. The van der Waals surface area contributed by atoms with E-state index in [9.17, 15) is 18.0 Å². The number of hydrogen-bond donors (Lipinski definition) is 3. The Labute approximate surface area is 239 Å². The molecule has 2 heterocycles. The minimum atomic E-state index is -3.93. The van der Waals surface area contributed by atoms with Crippen LogP contribution in [-0.4, -0.2) is 55.8 Å². The standard InChI is InChI=1S/C29H31N5O4S.ClH/c30-28-25-11-8-20(16-23(25)12-13-31-28)17-26(29(36)34-14-4-1-5-15-34)33-27(35)19-32-39(37,38)24-10-9-21-6-2-3-7-22(21)18-24;/h2-3,6-13,16,18,26,32H,1,4-5,14-15,17,19H2,(H2,30,31)(H,33,35);1H. The molecule has 9 nitrogen and oxygen atoms in total. The second kappa shape index (κ2) is 12.6. The SMILES string of the molecule is Cl.Nc1nccc2cc(CC(NC(=O)CNS(=O)(=O)c3ccc4ccccc4c3)C(=O)N3CCCCC3)ccc12. The number of nitrogens with one attached hydrogen (secondary N) is 2. The van der Waals surface area contributed by atoms with E-state index in [1.807, 2.05) is 48.5 Å². The van der Waals surface area contributed by atoms with Crippen LogP contribution in [0.2, 0.25) is 0 Å². The molecular weight excluding hydrogens is 550 g/mol. The summed E-state index contributed by atoms with van der Waals surface area (Å²) >= 11 is 0. The third-order valence-corrected chi connectivity index (χ3v) is 8.45. The Morgan fingerprint density at radius 3 is 2.45 bits per heavy atom. The first kappa shape index (κ1) is 29.3. The van der Waals surface area contributed by atoms with E-state index in [2.05, 4.69) is 15.0 Å². The number of anilines is 1. The molecule has 1 aliphatic heterocycles. The van der Waals surface area contributed by atoms with Crippen LogP contribution in [0.15, 0.2) is 77.8 Å². The number of likely N-dealkylation sites (tertiary alicyclic amines) is 1. The molecule has 1 atom stereocenters. The second-order valence-electron chi connectivity index (χ2n) is 9.80. The Kier molecular flexibility index (Phi) is 9.24. The lowest BCUT2D eigenvalue weighted by molar-refractivity contribution is -0.137. The summed E-state index contributed by atoms with van der Waals surface area (Å²) in [4.78, 5) is 32.3. The van der Waals surface area contributed by atoms with Gasteiger partial charge in [-0.25, -0.2) is 18.1 Å². The number of nitrogen functional groups attached to an aromatic ring is 1. The van der Waals surface area contributed by atoms with Gasteiger partial charge in [0.05, 0.1) is 11.4 Å². The highest BCUT2D eigenvalue weighted by molar-refractivity contribution is 7.89. The molecule has 2 amide bonds. The second-order valence-corrected chi connectivity index (χ2v) is 11.6. The Bertz CT molecular complexity index is 1640. The lowest BCUT2D eigenvalue weighted by Gasteiger charge is -2.31. The van der Waals surface area contributed by atoms with E-state index in [0.29, 0.717) is 18.9 Å². The van der Waals surface area contributed by atoms with Crippen molar-refractivity contribution in [2.24, 2.45) is 0 Å². The molecule has 0 saturated carbocycles. The predicted octanol–water partition coefficient (Wildman–Crippen LogP) is 3.41. The van der Waals surface area contributed by atoms with Gasteiger partial charge in [-0.15, -0.1) is 12.4 Å². The molecule has 4 N–H and O–H groups in total. The van der Waals surface area contributed by atoms with Gasteiger partial charge in [-0.2, -0.15) is 0 Å². The van der Waals surface area contributed by atoms with Crippen molar-refractivity contribution < 1.29 is 18.0 Å². The Balaban J connectivity index is 0.00000370. The summed E-state index contributed by atoms with van der Waals surface area (Å²) in [5.74, 6) is -0.328. The summed E-state index contributed by atoms with van der Waals surface area (Å²) in [7, 11) is -3.93. The molecule has 11 heteroatoms. The van der Waals surface area contributed by atoms with Crippen molar-refractivity contribution in [3.05, 3.63) is 78.5 Å². The molecule has 210 valence electrons. The molecule has 1 unspecified atom stereocenters. The molecule has 0 bridgehead atoms. The molecule has 3 aromatic carbocycles. The number of amides is 2. The van der Waals surface area contributed by atoms with Crippen LogP contribution in [0.25, 0.3) is 21.5 Å². The molecule has 1 aliphatic rings. The molecule has 0 radical (unpaired) electrons. The molecule has 1 fully saturated rings. The van der Waals surface area contributed by atoms with Gasteiger partial charge in [-0.1, -0.05) is 48.5 Å². The van der Waals surface area contributed by atoms with E-state index < -0.39 is 28.5 Å². The maximum atomic E-state index is 13.4. The molecule has 1 saturated heterocycles. The van der Waals surface area contributed by atoms with Crippen LogP contribution in [0.3, 0.4) is 0 Å². The van der Waals surface area contributed by atoms with Crippen LogP contribution in [0.1, 0.15) is 24.8 Å². The van der Waals surface area contributed by atoms with E-state index >= 15 is 0 Å². The van der Waals surface area contributed by atoms with E-state index in [1.165, 1.54) is 6.07 Å². The summed E-state index contributed by atoms with van der Waals surface area (Å²) in [5.41, 5.74) is 6.82. The number of sulfonamides is 1. The number of hydrogen-bond acceptors (Lipinski definition) is 6. The smallest absolute Gasteiger partial charge is 0.245 e. The maximum absolute atomic E-state index is 13.4. The summed E-state index contributed by atoms with van der Waals surface area (Å²) in [6.45, 7) is 0.790. The molecule has 4 aromatic rings. The molecule has 0 spiro atoms. The van der Waals surface area contributed by atoms with Gasteiger partial charge in [0.15, 0.2) is 0 Å². The lowest BCUT2D eigenvalue weighted by atomic mass is 10.0. The zero-order valence-corrected chi connectivity index (χ0v) is 23.5. The van der Waals surface area contributed by atoms with Crippen LogP contribution in [0, 0.1) is 0 Å².